The van der Waals surface area contributed by atoms with Crippen LogP contribution in [0.5, 0.6) is 11.6 Å². The van der Waals surface area contributed by atoms with E-state index in [-0.39, 0.29) is 24.1 Å². The van der Waals surface area contributed by atoms with E-state index in [1.165, 1.54) is 18.1 Å². The Hall–Kier alpha value is -2.63. The minimum absolute atomic E-state index is 0.169. The summed E-state index contributed by atoms with van der Waals surface area (Å²) in [6.07, 6.45) is 1.55. The molecule has 6 heteroatoms. The second-order valence-electron chi connectivity index (χ2n) is 4.57. The number of pyridine rings is 1. The van der Waals surface area contributed by atoms with Gasteiger partial charge in [-0.1, -0.05) is 12.1 Å². The molecular formula is C16H17FN2O3. The number of benzene rings is 1. The molecule has 0 radical (unpaired) electrons. The molecule has 1 aromatic carbocycles. The summed E-state index contributed by atoms with van der Waals surface area (Å²) in [6.45, 7) is 0.497. The van der Waals surface area contributed by atoms with Crippen LogP contribution in [0.1, 0.15) is 10.4 Å². The zero-order chi connectivity index (χ0) is 15.9. The summed E-state index contributed by atoms with van der Waals surface area (Å²) in [5, 5.41) is 0. The zero-order valence-corrected chi connectivity index (χ0v) is 12.5. The molecule has 0 saturated heterocycles. The Morgan fingerprint density at radius 2 is 2.05 bits per heavy atom. The van der Waals surface area contributed by atoms with Crippen LogP contribution < -0.4 is 9.47 Å². The Bertz CT molecular complexity index is 649. The number of nitrogens with zero attached hydrogens (tertiary/aromatic N) is 2. The monoisotopic (exact) mass is 304 g/mol. The summed E-state index contributed by atoms with van der Waals surface area (Å²) in [6, 6.07) is 9.45. The maximum atomic E-state index is 13.4. The highest BCUT2D eigenvalue weighted by atomic mass is 19.1. The summed E-state index contributed by atoms with van der Waals surface area (Å²) in [4.78, 5) is 17.8. The predicted molar refractivity (Wildman–Crippen MR) is 79.6 cm³/mol. The summed E-state index contributed by atoms with van der Waals surface area (Å²) < 4.78 is 23.8. The van der Waals surface area contributed by atoms with E-state index < -0.39 is 5.82 Å². The van der Waals surface area contributed by atoms with Crippen LogP contribution in [-0.2, 0) is 0 Å². The summed E-state index contributed by atoms with van der Waals surface area (Å²) in [5.41, 5.74) is 0.374. The van der Waals surface area contributed by atoms with Gasteiger partial charge in [-0.3, -0.25) is 4.79 Å². The quantitative estimate of drug-likeness (QED) is 0.822. The van der Waals surface area contributed by atoms with Crippen LogP contribution in [0.4, 0.5) is 4.39 Å². The van der Waals surface area contributed by atoms with Gasteiger partial charge in [0, 0.05) is 13.2 Å². The first-order valence-electron chi connectivity index (χ1n) is 6.75. The van der Waals surface area contributed by atoms with Gasteiger partial charge < -0.3 is 14.4 Å². The molecule has 5 nitrogen and oxygen atoms in total. The van der Waals surface area contributed by atoms with E-state index in [4.69, 9.17) is 9.47 Å². The number of amides is 1. The number of likely N-dealkylation sites (N-methyl/N-ethyl adjacent to an activating group) is 1. The Labute approximate surface area is 128 Å². The maximum Gasteiger partial charge on any atom is 0.259 e. The summed E-state index contributed by atoms with van der Waals surface area (Å²) in [5.74, 6) is -0.218. The molecule has 0 aliphatic carbocycles. The van der Waals surface area contributed by atoms with Crippen molar-refractivity contribution in [2.75, 3.05) is 27.3 Å². The normalized spacial score (nSPS) is 10.1. The lowest BCUT2D eigenvalue weighted by molar-refractivity contribution is 0.0768. The van der Waals surface area contributed by atoms with Crippen molar-refractivity contribution in [3.63, 3.8) is 0 Å². The molecule has 0 N–H and O–H groups in total. The number of hydrogen-bond donors (Lipinski definition) is 0. The average Bonchev–Trinajstić information content (AvgIpc) is 2.55. The van der Waals surface area contributed by atoms with E-state index >= 15 is 0 Å². The number of hydrogen-bond acceptors (Lipinski definition) is 4. The second kappa shape index (κ2) is 7.40. The number of carbonyl (C=O) groups excluding carboxylic acids is 1. The van der Waals surface area contributed by atoms with Gasteiger partial charge in [0.2, 0.25) is 5.88 Å². The lowest BCUT2D eigenvalue weighted by Gasteiger charge is -2.18. The number of rotatable bonds is 6. The van der Waals surface area contributed by atoms with E-state index in [1.54, 1.807) is 43.6 Å². The lowest BCUT2D eigenvalue weighted by Crippen LogP contribution is -2.31. The third-order valence-electron chi connectivity index (χ3n) is 3.06. The molecule has 0 aliphatic rings. The van der Waals surface area contributed by atoms with Crippen molar-refractivity contribution in [1.82, 2.24) is 9.88 Å². The van der Waals surface area contributed by atoms with Crippen molar-refractivity contribution < 1.29 is 18.7 Å². The molecule has 116 valence electrons. The number of para-hydroxylation sites is 1. The van der Waals surface area contributed by atoms with Gasteiger partial charge in [0.25, 0.3) is 5.91 Å². The van der Waals surface area contributed by atoms with Crippen LogP contribution in [0.3, 0.4) is 0 Å². The smallest absolute Gasteiger partial charge is 0.259 e. The first kappa shape index (κ1) is 15.8. The SMILES string of the molecule is COc1ncccc1C(=O)N(C)CCOc1ccccc1F. The summed E-state index contributed by atoms with van der Waals surface area (Å²) in [7, 11) is 3.10. The van der Waals surface area contributed by atoms with E-state index in [9.17, 15) is 9.18 Å². The predicted octanol–water partition coefficient (Wildman–Crippen LogP) is 2.38. The standard InChI is InChI=1S/C16H17FN2O3/c1-19(10-11-22-14-8-4-3-7-13(14)17)16(20)12-6-5-9-18-15(12)21-2/h3-9H,10-11H2,1-2H3. The Kier molecular flexibility index (Phi) is 5.30. The van der Waals surface area contributed by atoms with Crippen molar-refractivity contribution in [1.29, 1.82) is 0 Å². The third kappa shape index (κ3) is 3.72. The fourth-order valence-electron chi connectivity index (χ4n) is 1.88. The first-order chi connectivity index (χ1) is 10.6. The number of halogens is 1. The molecule has 22 heavy (non-hydrogen) atoms. The molecular weight excluding hydrogens is 287 g/mol. The van der Waals surface area contributed by atoms with Gasteiger partial charge >= 0.3 is 0 Å². The number of ether oxygens (including phenoxy) is 2. The zero-order valence-electron chi connectivity index (χ0n) is 12.5. The molecule has 0 unspecified atom stereocenters. The number of carbonyl (C=O) groups is 1. The minimum atomic E-state index is -0.426. The van der Waals surface area contributed by atoms with Gasteiger partial charge in [0.1, 0.15) is 12.2 Å². The van der Waals surface area contributed by atoms with Crippen LogP contribution >= 0.6 is 0 Å². The molecule has 1 heterocycles. The molecule has 1 amide bonds. The van der Waals surface area contributed by atoms with Gasteiger partial charge in [0.05, 0.1) is 13.7 Å². The Balaban J connectivity index is 1.93. The molecule has 0 spiro atoms. The first-order valence-corrected chi connectivity index (χ1v) is 6.75. The van der Waals surface area contributed by atoms with Crippen LogP contribution in [0.15, 0.2) is 42.6 Å². The topological polar surface area (TPSA) is 51.7 Å². The molecule has 0 atom stereocenters. The van der Waals surface area contributed by atoms with Crippen molar-refractivity contribution in [3.05, 3.63) is 54.0 Å². The number of methoxy groups -OCH3 is 1. The van der Waals surface area contributed by atoms with Crippen molar-refractivity contribution in [2.45, 2.75) is 0 Å². The lowest BCUT2D eigenvalue weighted by atomic mass is 10.2. The molecule has 0 saturated carbocycles. The third-order valence-corrected chi connectivity index (χ3v) is 3.06. The molecule has 0 fully saturated rings. The van der Waals surface area contributed by atoms with Gasteiger partial charge in [-0.05, 0) is 24.3 Å². The molecule has 0 bridgehead atoms. The molecule has 2 rings (SSSR count). The largest absolute Gasteiger partial charge is 0.489 e. The number of aromatic nitrogens is 1. The maximum absolute atomic E-state index is 13.4. The average molecular weight is 304 g/mol. The molecule has 2 aromatic rings. The van der Waals surface area contributed by atoms with E-state index in [2.05, 4.69) is 4.98 Å². The summed E-state index contributed by atoms with van der Waals surface area (Å²) >= 11 is 0. The highest BCUT2D eigenvalue weighted by Crippen LogP contribution is 2.17. The van der Waals surface area contributed by atoms with Crippen molar-refractivity contribution >= 4 is 5.91 Å². The van der Waals surface area contributed by atoms with Gasteiger partial charge in [-0.15, -0.1) is 0 Å². The van der Waals surface area contributed by atoms with E-state index in [0.29, 0.717) is 12.1 Å². The van der Waals surface area contributed by atoms with Gasteiger partial charge in [-0.25, -0.2) is 9.37 Å². The van der Waals surface area contributed by atoms with Crippen LogP contribution in [0.2, 0.25) is 0 Å². The highest BCUT2D eigenvalue weighted by Gasteiger charge is 2.17. The fraction of sp³-hybridized carbons (Fsp3) is 0.250. The van der Waals surface area contributed by atoms with Gasteiger partial charge in [0.15, 0.2) is 11.6 Å². The Morgan fingerprint density at radius 1 is 1.27 bits per heavy atom. The van der Waals surface area contributed by atoms with Crippen molar-refractivity contribution in [3.8, 4) is 11.6 Å². The Morgan fingerprint density at radius 3 is 2.77 bits per heavy atom. The second-order valence-corrected chi connectivity index (χ2v) is 4.57. The van der Waals surface area contributed by atoms with E-state index in [0.717, 1.165) is 0 Å². The van der Waals surface area contributed by atoms with E-state index in [1.807, 2.05) is 0 Å². The molecule has 1 aromatic heterocycles. The minimum Gasteiger partial charge on any atom is -0.489 e. The highest BCUT2D eigenvalue weighted by molar-refractivity contribution is 5.96. The van der Waals surface area contributed by atoms with Crippen LogP contribution in [-0.4, -0.2) is 43.1 Å². The van der Waals surface area contributed by atoms with Crippen molar-refractivity contribution in [2.24, 2.45) is 0 Å². The fourth-order valence-corrected chi connectivity index (χ4v) is 1.88. The molecule has 0 aliphatic heterocycles. The van der Waals surface area contributed by atoms with Gasteiger partial charge in [-0.2, -0.15) is 0 Å². The van der Waals surface area contributed by atoms with Crippen LogP contribution in [0.25, 0.3) is 0 Å². The van der Waals surface area contributed by atoms with Crippen LogP contribution in [0, 0.1) is 5.82 Å².